The number of hydrogen-bond acceptors (Lipinski definition) is 4. The van der Waals surface area contributed by atoms with Gasteiger partial charge in [0, 0.05) is 6.07 Å². The standard InChI is InChI=1S/C9H8FN3OS/c1-15-9(12-5-11)13-6-2-3-8(14)7(10)4-6/h2-4,14H,1H3,(H,12,13). The number of hydrogen-bond donors (Lipinski definition) is 2. The van der Waals surface area contributed by atoms with Gasteiger partial charge in [0.2, 0.25) is 0 Å². The number of halogens is 1. The maximum absolute atomic E-state index is 12.9. The average molecular weight is 225 g/mol. The predicted octanol–water partition coefficient (Wildman–Crippen LogP) is 1.95. The van der Waals surface area contributed by atoms with E-state index in [-0.39, 0.29) is 0 Å². The summed E-state index contributed by atoms with van der Waals surface area (Å²) in [5.41, 5.74) is 0.331. The zero-order chi connectivity index (χ0) is 11.3. The summed E-state index contributed by atoms with van der Waals surface area (Å²) in [7, 11) is 0. The van der Waals surface area contributed by atoms with Crippen molar-refractivity contribution in [2.45, 2.75) is 0 Å². The third-order valence-electron chi connectivity index (χ3n) is 1.52. The van der Waals surface area contributed by atoms with E-state index >= 15 is 0 Å². The lowest BCUT2D eigenvalue weighted by molar-refractivity contribution is 0.432. The molecule has 1 aromatic rings. The van der Waals surface area contributed by atoms with Crippen molar-refractivity contribution in [3.8, 4) is 11.9 Å². The molecule has 0 unspecified atom stereocenters. The summed E-state index contributed by atoms with van der Waals surface area (Å²) < 4.78 is 12.9. The fourth-order valence-corrected chi connectivity index (χ4v) is 1.20. The lowest BCUT2D eigenvalue weighted by Gasteiger charge is -2.00. The highest BCUT2D eigenvalue weighted by Gasteiger charge is 2.02. The molecule has 0 bridgehead atoms. The van der Waals surface area contributed by atoms with Gasteiger partial charge in [0.15, 0.2) is 22.9 Å². The van der Waals surface area contributed by atoms with Gasteiger partial charge in [-0.3, -0.25) is 5.32 Å². The van der Waals surface area contributed by atoms with Crippen LogP contribution < -0.4 is 5.32 Å². The van der Waals surface area contributed by atoms with E-state index in [0.29, 0.717) is 10.9 Å². The van der Waals surface area contributed by atoms with E-state index in [0.717, 1.165) is 6.07 Å². The second-order valence-corrected chi connectivity index (χ2v) is 3.29. The molecular formula is C9H8FN3OS. The van der Waals surface area contributed by atoms with Crippen molar-refractivity contribution in [1.82, 2.24) is 5.32 Å². The normalized spacial score (nSPS) is 10.9. The summed E-state index contributed by atoms with van der Waals surface area (Å²) in [6, 6.07) is 3.75. The number of thioether (sulfide) groups is 1. The molecule has 0 amide bonds. The topological polar surface area (TPSA) is 68.4 Å². The van der Waals surface area contributed by atoms with Crippen molar-refractivity contribution in [1.29, 1.82) is 5.26 Å². The van der Waals surface area contributed by atoms with E-state index in [4.69, 9.17) is 10.4 Å². The van der Waals surface area contributed by atoms with Crippen LogP contribution in [0.25, 0.3) is 0 Å². The Morgan fingerprint density at radius 3 is 2.93 bits per heavy atom. The fraction of sp³-hybridized carbons (Fsp3) is 0.111. The molecular weight excluding hydrogens is 217 g/mol. The first-order chi connectivity index (χ1) is 7.17. The summed E-state index contributed by atoms with van der Waals surface area (Å²) in [6.45, 7) is 0. The van der Waals surface area contributed by atoms with Gasteiger partial charge >= 0.3 is 0 Å². The van der Waals surface area contributed by atoms with Crippen molar-refractivity contribution >= 4 is 22.6 Å². The Hall–Kier alpha value is -1.74. The number of rotatable bonds is 1. The van der Waals surface area contributed by atoms with Crippen LogP contribution in [0.4, 0.5) is 10.1 Å². The molecule has 0 radical (unpaired) electrons. The molecule has 0 spiro atoms. The SMILES string of the molecule is CSC(=Nc1ccc(O)c(F)c1)NC#N. The quantitative estimate of drug-likeness (QED) is 0.332. The highest BCUT2D eigenvalue weighted by atomic mass is 32.2. The monoisotopic (exact) mass is 225 g/mol. The van der Waals surface area contributed by atoms with Crippen LogP contribution in [0.3, 0.4) is 0 Å². The number of phenolic OH excluding ortho intramolecular Hbond substituents is 1. The second-order valence-electron chi connectivity index (χ2n) is 2.49. The minimum atomic E-state index is -0.742. The molecule has 4 nitrogen and oxygen atoms in total. The largest absolute Gasteiger partial charge is 0.505 e. The van der Waals surface area contributed by atoms with Gasteiger partial charge in [-0.1, -0.05) is 11.8 Å². The molecule has 15 heavy (non-hydrogen) atoms. The van der Waals surface area contributed by atoms with Gasteiger partial charge in [0.25, 0.3) is 0 Å². The molecule has 0 saturated heterocycles. The number of aromatic hydroxyl groups is 1. The molecule has 78 valence electrons. The maximum Gasteiger partial charge on any atom is 0.183 e. The Bertz CT molecular complexity index is 428. The molecule has 0 saturated carbocycles. The van der Waals surface area contributed by atoms with Crippen LogP contribution in [-0.2, 0) is 0 Å². The highest BCUT2D eigenvalue weighted by molar-refractivity contribution is 8.13. The molecule has 6 heteroatoms. The number of nitriles is 1. The van der Waals surface area contributed by atoms with E-state index in [1.807, 2.05) is 0 Å². The molecule has 1 aromatic carbocycles. The van der Waals surface area contributed by atoms with Gasteiger partial charge < -0.3 is 5.11 Å². The summed E-state index contributed by atoms with van der Waals surface area (Å²) in [6.07, 6.45) is 3.46. The number of nitrogens with one attached hydrogen (secondary N) is 1. The number of nitrogens with zero attached hydrogens (tertiary/aromatic N) is 2. The fourth-order valence-electron chi connectivity index (χ4n) is 0.855. The van der Waals surface area contributed by atoms with E-state index < -0.39 is 11.6 Å². The zero-order valence-electron chi connectivity index (χ0n) is 7.86. The average Bonchev–Trinajstić information content (AvgIpc) is 2.23. The Balaban J connectivity index is 2.97. The summed E-state index contributed by atoms with van der Waals surface area (Å²) >= 11 is 1.23. The second kappa shape index (κ2) is 5.22. The minimum Gasteiger partial charge on any atom is -0.505 e. The smallest absolute Gasteiger partial charge is 0.183 e. The number of phenols is 1. The molecule has 0 atom stereocenters. The number of aliphatic imine (C=N–C) groups is 1. The van der Waals surface area contributed by atoms with Crippen LogP contribution in [0.5, 0.6) is 5.75 Å². The molecule has 0 aliphatic carbocycles. The number of amidine groups is 1. The van der Waals surface area contributed by atoms with E-state index in [1.165, 1.54) is 23.9 Å². The molecule has 2 N–H and O–H groups in total. The number of benzene rings is 1. The third kappa shape index (κ3) is 3.14. The molecule has 1 rings (SSSR count). The Labute approximate surface area is 90.4 Å². The first-order valence-electron chi connectivity index (χ1n) is 3.93. The van der Waals surface area contributed by atoms with Crippen LogP contribution in [0.1, 0.15) is 0 Å². The van der Waals surface area contributed by atoms with Gasteiger partial charge in [-0.25, -0.2) is 9.38 Å². The summed E-state index contributed by atoms with van der Waals surface area (Å²) in [5, 5.41) is 20.0. The van der Waals surface area contributed by atoms with Crippen LogP contribution in [-0.4, -0.2) is 16.5 Å². The molecule has 0 aromatic heterocycles. The summed E-state index contributed by atoms with van der Waals surface area (Å²) in [5.74, 6) is -1.17. The lowest BCUT2D eigenvalue weighted by atomic mass is 10.3. The molecule has 0 fully saturated rings. The Kier molecular flexibility index (Phi) is 3.94. The van der Waals surface area contributed by atoms with Crippen LogP contribution in [0.2, 0.25) is 0 Å². The minimum absolute atomic E-state index is 0.331. The van der Waals surface area contributed by atoms with Crippen molar-refractivity contribution in [2.75, 3.05) is 6.26 Å². The first-order valence-corrected chi connectivity index (χ1v) is 5.16. The Morgan fingerprint density at radius 1 is 1.67 bits per heavy atom. The third-order valence-corrected chi connectivity index (χ3v) is 2.10. The van der Waals surface area contributed by atoms with Gasteiger partial charge in [0.1, 0.15) is 0 Å². The van der Waals surface area contributed by atoms with Crippen LogP contribution in [0, 0.1) is 17.3 Å². The van der Waals surface area contributed by atoms with Crippen molar-refractivity contribution in [3.63, 3.8) is 0 Å². The first kappa shape index (κ1) is 11.3. The van der Waals surface area contributed by atoms with Crippen molar-refractivity contribution < 1.29 is 9.50 Å². The van der Waals surface area contributed by atoms with Crippen molar-refractivity contribution in [2.24, 2.45) is 4.99 Å². The lowest BCUT2D eigenvalue weighted by Crippen LogP contribution is -2.12. The maximum atomic E-state index is 12.9. The zero-order valence-corrected chi connectivity index (χ0v) is 8.68. The van der Waals surface area contributed by atoms with Gasteiger partial charge in [-0.15, -0.1) is 0 Å². The van der Waals surface area contributed by atoms with Crippen LogP contribution in [0.15, 0.2) is 23.2 Å². The molecule has 0 aliphatic heterocycles. The van der Waals surface area contributed by atoms with E-state index in [1.54, 1.807) is 12.4 Å². The molecule has 0 heterocycles. The summed E-state index contributed by atoms with van der Waals surface area (Å²) in [4.78, 5) is 3.96. The van der Waals surface area contributed by atoms with Crippen LogP contribution >= 0.6 is 11.8 Å². The van der Waals surface area contributed by atoms with E-state index in [2.05, 4.69) is 10.3 Å². The van der Waals surface area contributed by atoms with E-state index in [9.17, 15) is 4.39 Å². The molecule has 0 aliphatic rings. The van der Waals surface area contributed by atoms with Gasteiger partial charge in [-0.2, -0.15) is 5.26 Å². The highest BCUT2D eigenvalue weighted by Crippen LogP contribution is 2.22. The van der Waals surface area contributed by atoms with Gasteiger partial charge in [0.05, 0.1) is 5.69 Å². The Morgan fingerprint density at radius 2 is 2.40 bits per heavy atom. The predicted molar refractivity (Wildman–Crippen MR) is 57.4 cm³/mol. The van der Waals surface area contributed by atoms with Crippen molar-refractivity contribution in [3.05, 3.63) is 24.0 Å². The van der Waals surface area contributed by atoms with Gasteiger partial charge in [-0.05, 0) is 18.4 Å².